The van der Waals surface area contributed by atoms with Gasteiger partial charge in [-0.2, -0.15) is 0 Å². The third kappa shape index (κ3) is 2.42. The minimum atomic E-state index is 0.259. The molecule has 0 amide bonds. The molecule has 0 aliphatic rings. The van der Waals surface area contributed by atoms with E-state index in [1.165, 1.54) is 0 Å². The summed E-state index contributed by atoms with van der Waals surface area (Å²) in [5.74, 6) is 0.638. The van der Waals surface area contributed by atoms with Crippen LogP contribution in [0.1, 0.15) is 25.3 Å². The SMILES string of the molecule is CC(C)c1c(-c2ccc(I)c(Cl)c2)noc1N. The van der Waals surface area contributed by atoms with Crippen LogP contribution >= 0.6 is 34.2 Å². The molecule has 0 bridgehead atoms. The van der Waals surface area contributed by atoms with Crippen molar-refractivity contribution in [1.82, 2.24) is 5.16 Å². The van der Waals surface area contributed by atoms with Crippen molar-refractivity contribution in [1.29, 1.82) is 0 Å². The number of nitrogens with two attached hydrogens (primary N) is 1. The first-order valence-electron chi connectivity index (χ1n) is 5.21. The second-order valence-electron chi connectivity index (χ2n) is 4.09. The Bertz CT molecular complexity index is 551. The van der Waals surface area contributed by atoms with Crippen LogP contribution in [0.15, 0.2) is 22.7 Å². The summed E-state index contributed by atoms with van der Waals surface area (Å²) in [5, 5.41) is 4.72. The van der Waals surface area contributed by atoms with E-state index >= 15 is 0 Å². The highest BCUT2D eigenvalue weighted by Crippen LogP contribution is 2.34. The molecular formula is C12H12ClIN2O. The first-order chi connectivity index (χ1) is 8.00. The molecular weight excluding hydrogens is 351 g/mol. The van der Waals surface area contributed by atoms with Gasteiger partial charge in [-0.1, -0.05) is 36.7 Å². The van der Waals surface area contributed by atoms with Crippen LogP contribution in [0, 0.1) is 3.57 Å². The molecule has 2 aromatic rings. The van der Waals surface area contributed by atoms with Gasteiger partial charge >= 0.3 is 0 Å². The summed E-state index contributed by atoms with van der Waals surface area (Å²) in [6, 6.07) is 5.80. The third-order valence-electron chi connectivity index (χ3n) is 2.53. The van der Waals surface area contributed by atoms with Crippen LogP contribution in [0.3, 0.4) is 0 Å². The van der Waals surface area contributed by atoms with Crippen molar-refractivity contribution >= 4 is 40.1 Å². The fourth-order valence-electron chi connectivity index (χ4n) is 1.72. The number of rotatable bonds is 2. The lowest BCUT2D eigenvalue weighted by Crippen LogP contribution is -1.94. The largest absolute Gasteiger partial charge is 0.367 e. The summed E-state index contributed by atoms with van der Waals surface area (Å²) >= 11 is 8.29. The number of nitrogen functional groups attached to an aromatic ring is 1. The molecule has 17 heavy (non-hydrogen) atoms. The Labute approximate surface area is 118 Å². The molecule has 3 nitrogen and oxygen atoms in total. The van der Waals surface area contributed by atoms with Gasteiger partial charge in [-0.3, -0.25) is 0 Å². The molecule has 90 valence electrons. The van der Waals surface area contributed by atoms with E-state index in [-0.39, 0.29) is 5.92 Å². The van der Waals surface area contributed by atoms with Gasteiger partial charge in [0, 0.05) is 14.7 Å². The topological polar surface area (TPSA) is 52.0 Å². The smallest absolute Gasteiger partial charge is 0.226 e. The molecule has 1 heterocycles. The Balaban J connectivity index is 2.56. The summed E-state index contributed by atoms with van der Waals surface area (Å²) in [4.78, 5) is 0. The van der Waals surface area contributed by atoms with E-state index in [1.807, 2.05) is 18.2 Å². The zero-order chi connectivity index (χ0) is 12.6. The average molecular weight is 363 g/mol. The lowest BCUT2D eigenvalue weighted by Gasteiger charge is -2.06. The molecule has 2 N–H and O–H groups in total. The van der Waals surface area contributed by atoms with E-state index in [0.29, 0.717) is 10.9 Å². The fourth-order valence-corrected chi connectivity index (χ4v) is 2.24. The fraction of sp³-hybridized carbons (Fsp3) is 0.250. The third-order valence-corrected chi connectivity index (χ3v) is 4.10. The van der Waals surface area contributed by atoms with Crippen molar-refractivity contribution in [2.24, 2.45) is 0 Å². The summed E-state index contributed by atoms with van der Waals surface area (Å²) < 4.78 is 6.07. The second kappa shape index (κ2) is 4.86. The monoisotopic (exact) mass is 362 g/mol. The molecule has 2 rings (SSSR count). The Kier molecular flexibility index (Phi) is 3.63. The Hall–Kier alpha value is -0.750. The molecule has 0 saturated heterocycles. The molecule has 0 atom stereocenters. The normalized spacial score (nSPS) is 11.1. The molecule has 0 aliphatic heterocycles. The lowest BCUT2D eigenvalue weighted by molar-refractivity contribution is 0.438. The van der Waals surface area contributed by atoms with E-state index in [0.717, 1.165) is 20.4 Å². The number of benzene rings is 1. The Morgan fingerprint density at radius 3 is 2.71 bits per heavy atom. The molecule has 0 saturated carbocycles. The molecule has 0 unspecified atom stereocenters. The van der Waals surface area contributed by atoms with Gasteiger partial charge in [-0.25, -0.2) is 0 Å². The summed E-state index contributed by atoms with van der Waals surface area (Å²) in [7, 11) is 0. The number of hydrogen-bond donors (Lipinski definition) is 1. The standard InChI is InChI=1S/C12H12ClIN2O/c1-6(2)10-11(16-17-12(10)15)7-3-4-9(14)8(13)5-7/h3-6H,15H2,1-2H3. The summed E-state index contributed by atoms with van der Waals surface area (Å²) in [6.07, 6.45) is 0. The predicted molar refractivity (Wildman–Crippen MR) is 78.2 cm³/mol. The minimum absolute atomic E-state index is 0.259. The Morgan fingerprint density at radius 2 is 2.12 bits per heavy atom. The molecule has 0 spiro atoms. The van der Waals surface area contributed by atoms with E-state index in [4.69, 9.17) is 21.9 Å². The minimum Gasteiger partial charge on any atom is -0.367 e. The van der Waals surface area contributed by atoms with E-state index in [1.54, 1.807) is 0 Å². The average Bonchev–Trinajstić information content (AvgIpc) is 2.64. The first-order valence-corrected chi connectivity index (χ1v) is 6.67. The maximum atomic E-state index is 6.11. The van der Waals surface area contributed by atoms with Crippen LogP contribution in [-0.2, 0) is 0 Å². The van der Waals surface area contributed by atoms with Crippen molar-refractivity contribution in [3.8, 4) is 11.3 Å². The maximum absolute atomic E-state index is 6.11. The first kappa shape index (κ1) is 12.7. The van der Waals surface area contributed by atoms with Crippen LogP contribution < -0.4 is 5.73 Å². The van der Waals surface area contributed by atoms with E-state index in [9.17, 15) is 0 Å². The quantitative estimate of drug-likeness (QED) is 0.810. The van der Waals surface area contributed by atoms with Gasteiger partial charge in [0.1, 0.15) is 5.69 Å². The van der Waals surface area contributed by atoms with Crippen LogP contribution in [0.4, 0.5) is 5.88 Å². The van der Waals surface area contributed by atoms with Gasteiger partial charge in [0.25, 0.3) is 0 Å². The number of nitrogens with zero attached hydrogens (tertiary/aromatic N) is 1. The van der Waals surface area contributed by atoms with Gasteiger partial charge in [0.2, 0.25) is 5.88 Å². The van der Waals surface area contributed by atoms with Crippen molar-refractivity contribution < 1.29 is 4.52 Å². The molecule has 5 heteroatoms. The summed E-state index contributed by atoms with van der Waals surface area (Å²) in [6.45, 7) is 4.11. The van der Waals surface area contributed by atoms with Gasteiger partial charge in [-0.15, -0.1) is 0 Å². The van der Waals surface area contributed by atoms with Crippen molar-refractivity contribution in [2.45, 2.75) is 19.8 Å². The highest BCUT2D eigenvalue weighted by Gasteiger charge is 2.18. The predicted octanol–water partition coefficient (Wildman–Crippen LogP) is 4.31. The van der Waals surface area contributed by atoms with Crippen LogP contribution in [0.5, 0.6) is 0 Å². The number of hydrogen-bond acceptors (Lipinski definition) is 3. The second-order valence-corrected chi connectivity index (χ2v) is 5.66. The van der Waals surface area contributed by atoms with Crippen LogP contribution in [-0.4, -0.2) is 5.16 Å². The molecule has 0 fully saturated rings. The van der Waals surface area contributed by atoms with Gasteiger partial charge < -0.3 is 10.3 Å². The van der Waals surface area contributed by atoms with Crippen LogP contribution in [0.2, 0.25) is 5.02 Å². The number of aromatic nitrogens is 1. The Morgan fingerprint density at radius 1 is 1.41 bits per heavy atom. The number of anilines is 1. The van der Waals surface area contributed by atoms with Gasteiger partial charge in [0.15, 0.2) is 0 Å². The zero-order valence-corrected chi connectivity index (χ0v) is 12.4. The lowest BCUT2D eigenvalue weighted by atomic mass is 9.99. The summed E-state index contributed by atoms with van der Waals surface area (Å²) in [5.41, 5.74) is 8.42. The molecule has 1 aromatic carbocycles. The number of halogens is 2. The van der Waals surface area contributed by atoms with Gasteiger partial charge in [-0.05, 0) is 40.6 Å². The van der Waals surface area contributed by atoms with Crippen LogP contribution in [0.25, 0.3) is 11.3 Å². The van der Waals surface area contributed by atoms with E-state index in [2.05, 4.69) is 41.6 Å². The molecule has 0 aliphatic carbocycles. The highest BCUT2D eigenvalue weighted by molar-refractivity contribution is 14.1. The molecule has 1 aromatic heterocycles. The molecule has 0 radical (unpaired) electrons. The maximum Gasteiger partial charge on any atom is 0.226 e. The van der Waals surface area contributed by atoms with Crippen molar-refractivity contribution in [2.75, 3.05) is 5.73 Å². The van der Waals surface area contributed by atoms with E-state index < -0.39 is 0 Å². The van der Waals surface area contributed by atoms with Crippen molar-refractivity contribution in [3.63, 3.8) is 0 Å². The highest BCUT2D eigenvalue weighted by atomic mass is 127. The van der Waals surface area contributed by atoms with Crippen molar-refractivity contribution in [3.05, 3.63) is 32.4 Å². The zero-order valence-electron chi connectivity index (χ0n) is 9.50. The van der Waals surface area contributed by atoms with Gasteiger partial charge in [0.05, 0.1) is 5.02 Å².